The third-order valence-electron chi connectivity index (χ3n) is 1.98. The lowest BCUT2D eigenvalue weighted by molar-refractivity contribution is 0.475. The second kappa shape index (κ2) is 5.43. The standard InChI is InChI=1S/C10H15NO.H2O/c1-3-11(4-2)9-5-7-10(12)8-6-9;/h5-8,12H,3-4H2,1-2H3;1H2. The third kappa shape index (κ3) is 2.95. The topological polar surface area (TPSA) is 55.0 Å². The Bertz CT molecular complexity index is 229. The summed E-state index contributed by atoms with van der Waals surface area (Å²) < 4.78 is 0. The van der Waals surface area contributed by atoms with Crippen molar-refractivity contribution in [2.75, 3.05) is 18.0 Å². The summed E-state index contributed by atoms with van der Waals surface area (Å²) >= 11 is 0. The molecule has 1 aromatic carbocycles. The number of phenolic OH excluding ortho intramolecular Hbond substituents is 1. The van der Waals surface area contributed by atoms with Crippen LogP contribution in [0.1, 0.15) is 13.8 Å². The first kappa shape index (κ1) is 11.8. The average Bonchev–Trinajstić information content (AvgIpc) is 2.10. The molecule has 13 heavy (non-hydrogen) atoms. The first-order valence-electron chi connectivity index (χ1n) is 4.32. The van der Waals surface area contributed by atoms with Gasteiger partial charge in [0.05, 0.1) is 0 Å². The van der Waals surface area contributed by atoms with Gasteiger partial charge in [0.1, 0.15) is 5.75 Å². The van der Waals surface area contributed by atoms with Gasteiger partial charge in [-0.05, 0) is 38.1 Å². The van der Waals surface area contributed by atoms with Crippen LogP contribution in [0, 0.1) is 0 Å². The van der Waals surface area contributed by atoms with E-state index in [0.717, 1.165) is 18.8 Å². The van der Waals surface area contributed by atoms with Gasteiger partial charge in [0, 0.05) is 18.8 Å². The van der Waals surface area contributed by atoms with E-state index in [9.17, 15) is 0 Å². The quantitative estimate of drug-likeness (QED) is 0.770. The van der Waals surface area contributed by atoms with Crippen LogP contribution in [0.2, 0.25) is 0 Å². The molecule has 0 radical (unpaired) electrons. The van der Waals surface area contributed by atoms with E-state index in [1.165, 1.54) is 0 Å². The molecule has 0 saturated carbocycles. The van der Waals surface area contributed by atoms with Crippen molar-refractivity contribution in [1.82, 2.24) is 0 Å². The molecule has 0 unspecified atom stereocenters. The number of rotatable bonds is 3. The number of aromatic hydroxyl groups is 1. The monoisotopic (exact) mass is 183 g/mol. The number of nitrogens with zero attached hydrogens (tertiary/aromatic N) is 1. The maximum Gasteiger partial charge on any atom is 0.115 e. The van der Waals surface area contributed by atoms with E-state index in [4.69, 9.17) is 5.11 Å². The second-order valence-corrected chi connectivity index (χ2v) is 2.69. The van der Waals surface area contributed by atoms with E-state index in [-0.39, 0.29) is 5.48 Å². The molecule has 0 aliphatic heterocycles. The SMILES string of the molecule is CCN(CC)c1ccc(O)cc1.O. The Kier molecular flexibility index (Phi) is 4.92. The Hall–Kier alpha value is -1.22. The number of hydrogen-bond donors (Lipinski definition) is 1. The van der Waals surface area contributed by atoms with Gasteiger partial charge >= 0.3 is 0 Å². The van der Waals surface area contributed by atoms with Gasteiger partial charge in [-0.25, -0.2) is 0 Å². The van der Waals surface area contributed by atoms with Crippen LogP contribution in [0.15, 0.2) is 24.3 Å². The van der Waals surface area contributed by atoms with Crippen molar-refractivity contribution in [3.05, 3.63) is 24.3 Å². The fourth-order valence-electron chi connectivity index (χ4n) is 1.25. The summed E-state index contributed by atoms with van der Waals surface area (Å²) in [5.41, 5.74) is 1.16. The highest BCUT2D eigenvalue weighted by atomic mass is 16.3. The van der Waals surface area contributed by atoms with Crippen molar-refractivity contribution in [3.8, 4) is 5.75 Å². The van der Waals surface area contributed by atoms with Crippen molar-refractivity contribution >= 4 is 5.69 Å². The molecule has 0 amide bonds. The van der Waals surface area contributed by atoms with Crippen molar-refractivity contribution in [2.45, 2.75) is 13.8 Å². The molecule has 0 saturated heterocycles. The summed E-state index contributed by atoms with van der Waals surface area (Å²) in [6.07, 6.45) is 0. The number of hydrogen-bond acceptors (Lipinski definition) is 2. The average molecular weight is 183 g/mol. The van der Waals surface area contributed by atoms with Crippen LogP contribution in [0.5, 0.6) is 5.75 Å². The molecule has 0 aromatic heterocycles. The van der Waals surface area contributed by atoms with Crippen LogP contribution in [0.25, 0.3) is 0 Å². The van der Waals surface area contributed by atoms with E-state index < -0.39 is 0 Å². The van der Waals surface area contributed by atoms with E-state index >= 15 is 0 Å². The van der Waals surface area contributed by atoms with E-state index in [1.54, 1.807) is 12.1 Å². The maximum absolute atomic E-state index is 9.07. The lowest BCUT2D eigenvalue weighted by Gasteiger charge is -2.20. The minimum absolute atomic E-state index is 0. The van der Waals surface area contributed by atoms with Crippen molar-refractivity contribution < 1.29 is 10.6 Å². The first-order valence-corrected chi connectivity index (χ1v) is 4.32. The maximum atomic E-state index is 9.07. The van der Waals surface area contributed by atoms with E-state index in [2.05, 4.69) is 18.7 Å². The summed E-state index contributed by atoms with van der Waals surface area (Å²) in [7, 11) is 0. The van der Waals surface area contributed by atoms with Gasteiger partial charge in [-0.1, -0.05) is 0 Å². The molecule has 1 aromatic rings. The van der Waals surface area contributed by atoms with E-state index in [0.29, 0.717) is 5.75 Å². The molecular weight excluding hydrogens is 166 g/mol. The smallest absolute Gasteiger partial charge is 0.115 e. The Morgan fingerprint density at radius 1 is 1.08 bits per heavy atom. The number of benzene rings is 1. The van der Waals surface area contributed by atoms with E-state index in [1.807, 2.05) is 12.1 Å². The molecule has 0 heterocycles. The van der Waals surface area contributed by atoms with Gasteiger partial charge in [0.15, 0.2) is 0 Å². The van der Waals surface area contributed by atoms with Crippen LogP contribution in [0.3, 0.4) is 0 Å². The van der Waals surface area contributed by atoms with Crippen LogP contribution in [0.4, 0.5) is 5.69 Å². The molecule has 0 spiro atoms. The highest BCUT2D eigenvalue weighted by Crippen LogP contribution is 2.17. The minimum atomic E-state index is 0. The summed E-state index contributed by atoms with van der Waals surface area (Å²) in [6.45, 7) is 6.25. The molecule has 3 nitrogen and oxygen atoms in total. The number of phenols is 1. The van der Waals surface area contributed by atoms with Crippen molar-refractivity contribution in [3.63, 3.8) is 0 Å². The van der Waals surface area contributed by atoms with Crippen LogP contribution in [-0.4, -0.2) is 23.7 Å². The summed E-state index contributed by atoms with van der Waals surface area (Å²) in [6, 6.07) is 7.30. The summed E-state index contributed by atoms with van der Waals surface area (Å²) in [5.74, 6) is 0.325. The molecule has 3 heteroatoms. The lowest BCUT2D eigenvalue weighted by atomic mass is 10.2. The molecule has 0 atom stereocenters. The third-order valence-corrected chi connectivity index (χ3v) is 1.98. The largest absolute Gasteiger partial charge is 0.508 e. The molecule has 0 aliphatic rings. The van der Waals surface area contributed by atoms with Gasteiger partial charge in [-0.2, -0.15) is 0 Å². The summed E-state index contributed by atoms with van der Waals surface area (Å²) in [4.78, 5) is 2.24. The van der Waals surface area contributed by atoms with Gasteiger partial charge in [-0.15, -0.1) is 0 Å². The van der Waals surface area contributed by atoms with Gasteiger partial charge in [0.25, 0.3) is 0 Å². The van der Waals surface area contributed by atoms with Crippen LogP contribution < -0.4 is 4.90 Å². The molecular formula is C10H17NO2. The van der Waals surface area contributed by atoms with Crippen LogP contribution in [-0.2, 0) is 0 Å². The normalized spacial score (nSPS) is 9.08. The minimum Gasteiger partial charge on any atom is -0.508 e. The molecule has 0 aliphatic carbocycles. The van der Waals surface area contributed by atoms with Gasteiger partial charge in [-0.3, -0.25) is 0 Å². The van der Waals surface area contributed by atoms with Gasteiger partial charge in [0.2, 0.25) is 0 Å². The Balaban J connectivity index is 0.00000144. The zero-order valence-electron chi connectivity index (χ0n) is 8.12. The predicted molar refractivity (Wildman–Crippen MR) is 55.3 cm³/mol. The lowest BCUT2D eigenvalue weighted by Crippen LogP contribution is -2.21. The Morgan fingerprint density at radius 2 is 1.54 bits per heavy atom. The molecule has 0 bridgehead atoms. The fraction of sp³-hybridized carbons (Fsp3) is 0.400. The number of anilines is 1. The van der Waals surface area contributed by atoms with Crippen molar-refractivity contribution in [2.24, 2.45) is 0 Å². The second-order valence-electron chi connectivity index (χ2n) is 2.69. The first-order chi connectivity index (χ1) is 5.77. The molecule has 1 rings (SSSR count). The zero-order chi connectivity index (χ0) is 8.97. The predicted octanol–water partition coefficient (Wildman–Crippen LogP) is 1.41. The molecule has 3 N–H and O–H groups in total. The Labute approximate surface area is 78.9 Å². The fourth-order valence-corrected chi connectivity index (χ4v) is 1.25. The van der Waals surface area contributed by atoms with Crippen molar-refractivity contribution in [1.29, 1.82) is 0 Å². The molecule has 0 fully saturated rings. The zero-order valence-corrected chi connectivity index (χ0v) is 8.12. The summed E-state index contributed by atoms with van der Waals surface area (Å²) in [5, 5.41) is 9.07. The van der Waals surface area contributed by atoms with Crippen LogP contribution >= 0.6 is 0 Å². The molecule has 74 valence electrons. The highest BCUT2D eigenvalue weighted by molar-refractivity contribution is 5.48. The van der Waals surface area contributed by atoms with Gasteiger partial charge < -0.3 is 15.5 Å². The Morgan fingerprint density at radius 3 is 1.92 bits per heavy atom. The highest BCUT2D eigenvalue weighted by Gasteiger charge is 1.99.